The fraction of sp³-hybridized carbons (Fsp3) is 0.500. The Hall–Kier alpha value is -1.67. The lowest BCUT2D eigenvalue weighted by atomic mass is 10.0. The summed E-state index contributed by atoms with van der Waals surface area (Å²) >= 11 is 0. The summed E-state index contributed by atoms with van der Waals surface area (Å²) in [6, 6.07) is 4.15. The number of nitrogens with zero attached hydrogens (tertiary/aromatic N) is 1. The number of nitro groups is 1. The Balaban J connectivity index is 3.43. The van der Waals surface area contributed by atoms with Crippen LogP contribution in [0, 0.1) is 10.1 Å². The predicted octanol–water partition coefficient (Wildman–Crippen LogP) is 2.10. The minimum Gasteiger partial charge on any atom is -0.383 e. The van der Waals surface area contributed by atoms with E-state index >= 15 is 0 Å². The molecule has 0 heterocycles. The van der Waals surface area contributed by atoms with Crippen molar-refractivity contribution in [2.45, 2.75) is 37.6 Å². The minimum atomic E-state index is -3.97. The second kappa shape index (κ2) is 5.76. The lowest BCUT2D eigenvalue weighted by molar-refractivity contribution is -0.386. The van der Waals surface area contributed by atoms with Gasteiger partial charge in [-0.3, -0.25) is 10.1 Å². The molecule has 0 radical (unpaired) electrons. The lowest BCUT2D eigenvalue weighted by Gasteiger charge is -2.24. The van der Waals surface area contributed by atoms with Gasteiger partial charge in [0.15, 0.2) is 4.90 Å². The molecule has 0 aliphatic carbocycles. The molecule has 0 bridgehead atoms. The number of hydrogen-bond acceptors (Lipinski definition) is 5. The SMILES string of the molecule is CCC(C)(C)NS(=O)(=O)c1cccc(NC)c1[N+](=O)[O-]. The van der Waals surface area contributed by atoms with Crippen molar-refractivity contribution in [1.82, 2.24) is 4.72 Å². The van der Waals surface area contributed by atoms with E-state index in [0.29, 0.717) is 6.42 Å². The lowest BCUT2D eigenvalue weighted by Crippen LogP contribution is -2.42. The van der Waals surface area contributed by atoms with Gasteiger partial charge in [-0.1, -0.05) is 13.0 Å². The molecule has 1 aromatic carbocycles. The van der Waals surface area contributed by atoms with Gasteiger partial charge in [-0.15, -0.1) is 0 Å². The third kappa shape index (κ3) is 3.45. The molecule has 0 atom stereocenters. The number of sulfonamides is 1. The molecule has 8 heteroatoms. The van der Waals surface area contributed by atoms with Crippen LogP contribution in [-0.2, 0) is 10.0 Å². The summed E-state index contributed by atoms with van der Waals surface area (Å²) in [5.41, 5.74) is -0.968. The van der Waals surface area contributed by atoms with Crippen LogP contribution >= 0.6 is 0 Å². The fourth-order valence-corrected chi connectivity index (χ4v) is 3.30. The Kier molecular flexibility index (Phi) is 4.72. The van der Waals surface area contributed by atoms with Crippen molar-refractivity contribution in [3.8, 4) is 0 Å². The monoisotopic (exact) mass is 301 g/mol. The molecule has 1 rings (SSSR count). The molecule has 2 N–H and O–H groups in total. The quantitative estimate of drug-likeness (QED) is 0.619. The topological polar surface area (TPSA) is 101 Å². The number of nitro benzene ring substituents is 1. The summed E-state index contributed by atoms with van der Waals surface area (Å²) in [6.45, 7) is 5.28. The highest BCUT2D eigenvalue weighted by atomic mass is 32.2. The summed E-state index contributed by atoms with van der Waals surface area (Å²) in [6.07, 6.45) is 0.561. The van der Waals surface area contributed by atoms with Gasteiger partial charge in [0.05, 0.1) is 4.92 Å². The third-order valence-corrected chi connectivity index (χ3v) is 4.76. The van der Waals surface area contributed by atoms with Gasteiger partial charge in [0, 0.05) is 12.6 Å². The van der Waals surface area contributed by atoms with Crippen molar-refractivity contribution in [3.63, 3.8) is 0 Å². The molecule has 0 spiro atoms. The summed E-state index contributed by atoms with van der Waals surface area (Å²) in [5, 5.41) is 13.8. The normalized spacial score (nSPS) is 12.2. The Morgan fingerprint density at radius 3 is 2.40 bits per heavy atom. The number of rotatable bonds is 6. The minimum absolute atomic E-state index is 0.159. The Labute approximate surface area is 118 Å². The van der Waals surface area contributed by atoms with Crippen molar-refractivity contribution >= 4 is 21.4 Å². The molecule has 0 aliphatic rings. The van der Waals surface area contributed by atoms with E-state index in [2.05, 4.69) is 10.0 Å². The van der Waals surface area contributed by atoms with Crippen LogP contribution in [0.1, 0.15) is 27.2 Å². The Morgan fingerprint density at radius 2 is 1.95 bits per heavy atom. The van der Waals surface area contributed by atoms with Gasteiger partial charge in [0.25, 0.3) is 0 Å². The molecule has 20 heavy (non-hydrogen) atoms. The zero-order valence-corrected chi connectivity index (χ0v) is 12.7. The molecule has 0 saturated heterocycles. The van der Waals surface area contributed by atoms with Crippen LogP contribution in [0.25, 0.3) is 0 Å². The first kappa shape index (κ1) is 16.4. The molecule has 0 fully saturated rings. The van der Waals surface area contributed by atoms with Crippen LogP contribution in [0.5, 0.6) is 0 Å². The van der Waals surface area contributed by atoms with Crippen molar-refractivity contribution in [2.75, 3.05) is 12.4 Å². The van der Waals surface area contributed by atoms with Crippen molar-refractivity contribution in [3.05, 3.63) is 28.3 Å². The number of nitrogens with one attached hydrogen (secondary N) is 2. The van der Waals surface area contributed by atoms with Gasteiger partial charge >= 0.3 is 5.69 Å². The second-order valence-electron chi connectivity index (χ2n) is 5.00. The van der Waals surface area contributed by atoms with E-state index in [1.165, 1.54) is 25.2 Å². The fourth-order valence-electron chi connectivity index (χ4n) is 1.62. The summed E-state index contributed by atoms with van der Waals surface area (Å²) in [5.74, 6) is 0. The molecule has 0 aliphatic heterocycles. The molecule has 0 unspecified atom stereocenters. The average Bonchev–Trinajstić information content (AvgIpc) is 2.36. The molecule has 1 aromatic rings. The first-order chi connectivity index (χ1) is 9.14. The van der Waals surface area contributed by atoms with Gasteiger partial charge in [0.2, 0.25) is 10.0 Å². The average molecular weight is 301 g/mol. The van der Waals surface area contributed by atoms with Crippen molar-refractivity contribution in [2.24, 2.45) is 0 Å². The van der Waals surface area contributed by atoms with Gasteiger partial charge < -0.3 is 5.32 Å². The van der Waals surface area contributed by atoms with E-state index in [1.807, 2.05) is 6.92 Å². The van der Waals surface area contributed by atoms with E-state index in [9.17, 15) is 18.5 Å². The first-order valence-corrected chi connectivity index (χ1v) is 7.62. The smallest absolute Gasteiger partial charge is 0.312 e. The van der Waals surface area contributed by atoms with Crippen LogP contribution in [-0.4, -0.2) is 25.9 Å². The van der Waals surface area contributed by atoms with E-state index in [1.54, 1.807) is 13.8 Å². The zero-order chi connectivity index (χ0) is 15.6. The summed E-state index contributed by atoms with van der Waals surface area (Å²) in [7, 11) is -2.47. The van der Waals surface area contributed by atoms with E-state index in [0.717, 1.165) is 0 Å². The van der Waals surface area contributed by atoms with Crippen LogP contribution in [0.2, 0.25) is 0 Å². The molecular weight excluding hydrogens is 282 g/mol. The maximum atomic E-state index is 12.4. The standard InChI is InChI=1S/C12H19N3O4S/c1-5-12(2,3)14-20(18,19)10-8-6-7-9(13-4)11(10)15(16)17/h6-8,13-14H,5H2,1-4H3. The predicted molar refractivity (Wildman–Crippen MR) is 77.3 cm³/mol. The van der Waals surface area contributed by atoms with Crippen LogP contribution in [0.15, 0.2) is 23.1 Å². The molecule has 0 saturated carbocycles. The van der Waals surface area contributed by atoms with Crippen LogP contribution < -0.4 is 10.0 Å². The maximum absolute atomic E-state index is 12.4. The summed E-state index contributed by atoms with van der Waals surface area (Å²) in [4.78, 5) is 10.1. The van der Waals surface area contributed by atoms with Crippen molar-refractivity contribution in [1.29, 1.82) is 0 Å². The van der Waals surface area contributed by atoms with E-state index < -0.39 is 26.2 Å². The number of para-hydroxylation sites is 1. The maximum Gasteiger partial charge on any atom is 0.312 e. The van der Waals surface area contributed by atoms with E-state index in [4.69, 9.17) is 0 Å². The molecular formula is C12H19N3O4S. The van der Waals surface area contributed by atoms with Gasteiger partial charge in [0.1, 0.15) is 5.69 Å². The second-order valence-corrected chi connectivity index (χ2v) is 6.65. The molecule has 112 valence electrons. The summed E-state index contributed by atoms with van der Waals surface area (Å²) < 4.78 is 27.2. The van der Waals surface area contributed by atoms with Crippen LogP contribution in [0.4, 0.5) is 11.4 Å². The van der Waals surface area contributed by atoms with Gasteiger partial charge in [-0.2, -0.15) is 0 Å². The highest BCUT2D eigenvalue weighted by Gasteiger charge is 2.32. The zero-order valence-electron chi connectivity index (χ0n) is 11.9. The Morgan fingerprint density at radius 1 is 1.35 bits per heavy atom. The number of hydrogen-bond donors (Lipinski definition) is 2. The number of anilines is 1. The van der Waals surface area contributed by atoms with Crippen LogP contribution in [0.3, 0.4) is 0 Å². The molecule has 0 aromatic heterocycles. The Bertz CT molecular complexity index is 611. The van der Waals surface area contributed by atoms with E-state index in [-0.39, 0.29) is 10.6 Å². The molecule has 7 nitrogen and oxygen atoms in total. The largest absolute Gasteiger partial charge is 0.383 e. The highest BCUT2D eigenvalue weighted by Crippen LogP contribution is 2.32. The first-order valence-electron chi connectivity index (χ1n) is 6.14. The third-order valence-electron chi connectivity index (χ3n) is 3.03. The van der Waals surface area contributed by atoms with Gasteiger partial charge in [-0.05, 0) is 32.4 Å². The van der Waals surface area contributed by atoms with Gasteiger partial charge in [-0.25, -0.2) is 13.1 Å². The highest BCUT2D eigenvalue weighted by molar-refractivity contribution is 7.89. The molecule has 0 amide bonds. The number of benzene rings is 1. The van der Waals surface area contributed by atoms with Crippen molar-refractivity contribution < 1.29 is 13.3 Å².